The van der Waals surface area contributed by atoms with E-state index in [-0.39, 0.29) is 22.7 Å². The summed E-state index contributed by atoms with van der Waals surface area (Å²) in [6.07, 6.45) is 1.68. The molecule has 0 aromatic carbocycles. The van der Waals surface area contributed by atoms with Crippen molar-refractivity contribution in [2.45, 2.75) is 51.1 Å². The van der Waals surface area contributed by atoms with Gasteiger partial charge in [-0.15, -0.1) is 0 Å². The maximum atomic E-state index is 12.5. The van der Waals surface area contributed by atoms with E-state index in [1.54, 1.807) is 23.6 Å². The lowest BCUT2D eigenvalue weighted by atomic mass is 10.0. The molecule has 2 heterocycles. The number of aryl methyl sites for hydroxylation is 1. The molecule has 5 heteroatoms. The lowest BCUT2D eigenvalue weighted by Crippen LogP contribution is -2.02. The quantitative estimate of drug-likeness (QED) is 0.615. The number of aromatic nitrogens is 1. The molecule has 0 aliphatic heterocycles. The lowest BCUT2D eigenvalue weighted by Gasteiger charge is -2.10. The first kappa shape index (κ1) is 17.0. The average molecular weight is 303 g/mol. The first-order chi connectivity index (χ1) is 9.29. The van der Waals surface area contributed by atoms with Crippen LogP contribution in [0.3, 0.4) is 0 Å². The highest BCUT2D eigenvalue weighted by Gasteiger charge is 2.31. The predicted octanol–water partition coefficient (Wildman–Crippen LogP) is 6.01. The maximum Gasteiger partial charge on any atom is 0.447 e. The van der Waals surface area contributed by atoms with Gasteiger partial charge in [-0.25, -0.2) is 0 Å². The van der Waals surface area contributed by atoms with Crippen LogP contribution in [-0.2, 0) is 0 Å². The van der Waals surface area contributed by atoms with Crippen LogP contribution in [0.4, 0.5) is 13.2 Å². The van der Waals surface area contributed by atoms with Gasteiger partial charge in [0, 0.05) is 23.5 Å². The largest absolute Gasteiger partial charge is 0.447 e. The second-order valence-corrected chi connectivity index (χ2v) is 5.61. The molecule has 2 aromatic rings. The zero-order chi connectivity index (χ0) is 15.5. The summed E-state index contributed by atoms with van der Waals surface area (Å²) in [5, 5.41) is 0.250. The number of fused-ring (bicyclic) bond motifs is 1. The smallest absolute Gasteiger partial charge is 0.311 e. The topological polar surface area (TPSA) is 4.41 Å². The van der Waals surface area contributed by atoms with Crippen molar-refractivity contribution in [1.29, 1.82) is 0 Å². The SMILES string of the molecule is CC.Cc1cc2c(C(C)C)cccn2c1SC(F)(F)F. The number of hydrogen-bond donors (Lipinski definition) is 0. The highest BCUT2D eigenvalue weighted by molar-refractivity contribution is 8.00. The van der Waals surface area contributed by atoms with Crippen LogP contribution >= 0.6 is 11.8 Å². The molecule has 0 radical (unpaired) electrons. The van der Waals surface area contributed by atoms with E-state index >= 15 is 0 Å². The average Bonchev–Trinajstić information content (AvgIpc) is 2.66. The van der Waals surface area contributed by atoms with E-state index in [2.05, 4.69) is 0 Å². The standard InChI is InChI=1S/C13H14F3NS.C2H6/c1-8(2)10-5-4-6-17-11(10)7-9(3)12(17)18-13(14,15)16;1-2/h4-8H,1-3H3;1-2H3. The van der Waals surface area contributed by atoms with Gasteiger partial charge in [0.15, 0.2) is 0 Å². The lowest BCUT2D eigenvalue weighted by molar-refractivity contribution is -0.0330. The molecule has 20 heavy (non-hydrogen) atoms. The summed E-state index contributed by atoms with van der Waals surface area (Å²) in [6.45, 7) is 9.79. The summed E-state index contributed by atoms with van der Waals surface area (Å²) in [6, 6.07) is 5.58. The molecular formula is C15H20F3NS. The molecule has 2 rings (SSSR count). The Bertz CT molecular complexity index is 570. The third-order valence-electron chi connectivity index (χ3n) is 2.81. The molecule has 0 amide bonds. The molecule has 0 N–H and O–H groups in total. The van der Waals surface area contributed by atoms with E-state index in [0.29, 0.717) is 5.56 Å². The van der Waals surface area contributed by atoms with Gasteiger partial charge in [0.25, 0.3) is 0 Å². The molecule has 0 aliphatic carbocycles. The molecule has 0 unspecified atom stereocenters. The van der Waals surface area contributed by atoms with Gasteiger partial charge >= 0.3 is 5.51 Å². The van der Waals surface area contributed by atoms with Crippen LogP contribution in [0.5, 0.6) is 0 Å². The number of pyridine rings is 1. The van der Waals surface area contributed by atoms with E-state index in [1.165, 1.54) is 0 Å². The molecule has 0 atom stereocenters. The summed E-state index contributed by atoms with van der Waals surface area (Å²) in [7, 11) is 0. The van der Waals surface area contributed by atoms with Gasteiger partial charge in [-0.05, 0) is 36.1 Å². The van der Waals surface area contributed by atoms with Gasteiger partial charge in [-0.2, -0.15) is 13.2 Å². The minimum atomic E-state index is -4.26. The number of hydrogen-bond acceptors (Lipinski definition) is 1. The summed E-state index contributed by atoms with van der Waals surface area (Å²) in [5.41, 5.74) is -1.68. The Morgan fingerprint density at radius 1 is 1.20 bits per heavy atom. The minimum Gasteiger partial charge on any atom is -0.311 e. The Morgan fingerprint density at radius 2 is 1.80 bits per heavy atom. The van der Waals surface area contributed by atoms with E-state index in [1.807, 2.05) is 39.8 Å². The van der Waals surface area contributed by atoms with E-state index in [9.17, 15) is 13.2 Å². The number of rotatable bonds is 2. The molecule has 1 nitrogen and oxygen atoms in total. The third kappa shape index (κ3) is 3.72. The Kier molecular flexibility index (Phi) is 5.57. The first-order valence-electron chi connectivity index (χ1n) is 6.66. The van der Waals surface area contributed by atoms with Crippen LogP contribution in [0.15, 0.2) is 29.4 Å². The predicted molar refractivity (Wildman–Crippen MR) is 79.5 cm³/mol. The van der Waals surface area contributed by atoms with Gasteiger partial charge in [0.2, 0.25) is 0 Å². The van der Waals surface area contributed by atoms with Crippen molar-refractivity contribution in [3.05, 3.63) is 35.5 Å². The van der Waals surface area contributed by atoms with Crippen molar-refractivity contribution in [2.75, 3.05) is 0 Å². The summed E-state index contributed by atoms with van der Waals surface area (Å²) >= 11 is -0.0531. The van der Waals surface area contributed by atoms with Crippen LogP contribution in [0.1, 0.15) is 44.7 Å². The normalized spacial score (nSPS) is 11.7. The summed E-state index contributed by atoms with van der Waals surface area (Å²) in [4.78, 5) is 0. The van der Waals surface area contributed by atoms with E-state index in [4.69, 9.17) is 0 Å². The highest BCUT2D eigenvalue weighted by atomic mass is 32.2. The zero-order valence-corrected chi connectivity index (χ0v) is 13.2. The van der Waals surface area contributed by atoms with Crippen LogP contribution in [0.2, 0.25) is 0 Å². The fraction of sp³-hybridized carbons (Fsp3) is 0.467. The molecule has 0 saturated carbocycles. The molecule has 0 fully saturated rings. The minimum absolute atomic E-state index is 0.0531. The summed E-state index contributed by atoms with van der Waals surface area (Å²) in [5.74, 6) is 0.284. The van der Waals surface area contributed by atoms with Crippen molar-refractivity contribution in [2.24, 2.45) is 0 Å². The highest BCUT2D eigenvalue weighted by Crippen LogP contribution is 2.40. The van der Waals surface area contributed by atoms with Gasteiger partial charge < -0.3 is 4.40 Å². The van der Waals surface area contributed by atoms with Crippen molar-refractivity contribution >= 4 is 17.3 Å². The van der Waals surface area contributed by atoms with Crippen LogP contribution < -0.4 is 0 Å². The van der Waals surface area contributed by atoms with Crippen LogP contribution in [0, 0.1) is 6.92 Å². The van der Waals surface area contributed by atoms with Crippen molar-refractivity contribution in [3.63, 3.8) is 0 Å². The van der Waals surface area contributed by atoms with Gasteiger partial charge in [-0.3, -0.25) is 0 Å². The summed E-state index contributed by atoms with van der Waals surface area (Å²) < 4.78 is 39.2. The first-order valence-corrected chi connectivity index (χ1v) is 7.47. The second-order valence-electron chi connectivity index (χ2n) is 4.55. The van der Waals surface area contributed by atoms with Gasteiger partial charge in [0.05, 0.1) is 5.03 Å². The molecule has 0 spiro atoms. The van der Waals surface area contributed by atoms with Crippen molar-refractivity contribution in [3.8, 4) is 0 Å². The molecule has 0 aliphatic rings. The number of nitrogens with zero attached hydrogens (tertiary/aromatic N) is 1. The third-order valence-corrected chi connectivity index (χ3v) is 3.75. The van der Waals surface area contributed by atoms with Crippen molar-refractivity contribution in [1.82, 2.24) is 4.40 Å². The fourth-order valence-electron chi connectivity index (χ4n) is 2.05. The van der Waals surface area contributed by atoms with Crippen LogP contribution in [0.25, 0.3) is 5.52 Å². The Balaban J connectivity index is 0.000000956. The molecular weight excluding hydrogens is 283 g/mol. The number of alkyl halides is 3. The monoisotopic (exact) mass is 303 g/mol. The zero-order valence-electron chi connectivity index (χ0n) is 12.4. The number of halogens is 3. The van der Waals surface area contributed by atoms with Gasteiger partial charge in [-0.1, -0.05) is 33.8 Å². The van der Waals surface area contributed by atoms with Gasteiger partial charge in [0.1, 0.15) is 0 Å². The molecule has 112 valence electrons. The Hall–Kier alpha value is -1.10. The maximum absolute atomic E-state index is 12.5. The van der Waals surface area contributed by atoms with E-state index in [0.717, 1.165) is 11.1 Å². The molecule has 0 bridgehead atoms. The second kappa shape index (κ2) is 6.57. The Morgan fingerprint density at radius 3 is 2.30 bits per heavy atom. The van der Waals surface area contributed by atoms with Crippen LogP contribution in [-0.4, -0.2) is 9.91 Å². The Labute approximate surface area is 122 Å². The van der Waals surface area contributed by atoms with E-state index < -0.39 is 5.51 Å². The van der Waals surface area contributed by atoms with Crippen molar-refractivity contribution < 1.29 is 13.2 Å². The fourth-order valence-corrected chi connectivity index (χ4v) is 2.75. The number of thioether (sulfide) groups is 1. The molecule has 2 aromatic heterocycles. The molecule has 0 saturated heterocycles.